The van der Waals surface area contributed by atoms with Gasteiger partial charge in [0.2, 0.25) is 5.95 Å². The number of aryl methyl sites for hydroxylation is 3. The maximum Gasteiger partial charge on any atom is 0.274 e. The quantitative estimate of drug-likeness (QED) is 0.883. The second kappa shape index (κ2) is 7.22. The summed E-state index contributed by atoms with van der Waals surface area (Å²) >= 11 is 0. The van der Waals surface area contributed by atoms with E-state index in [0.717, 1.165) is 29.1 Å². The van der Waals surface area contributed by atoms with Gasteiger partial charge in [-0.05, 0) is 56.0 Å². The highest BCUT2D eigenvalue weighted by atomic mass is 16.1. The number of carbonyl (C=O) groups is 1. The van der Waals surface area contributed by atoms with Gasteiger partial charge in [-0.1, -0.05) is 19.9 Å². The van der Waals surface area contributed by atoms with Crippen LogP contribution in [0.5, 0.6) is 0 Å². The smallest absolute Gasteiger partial charge is 0.274 e. The molecule has 0 unspecified atom stereocenters. The molecule has 122 valence electrons. The third kappa shape index (κ3) is 5.06. The SMILES string of the molecule is Cc1cc(C)cc(NC(=O)c2cc(C)nc(NCC(C)C)n2)c1. The topological polar surface area (TPSA) is 66.9 Å². The number of carbonyl (C=O) groups excluding carboxylic acids is 1. The van der Waals surface area contributed by atoms with Crippen molar-refractivity contribution in [2.45, 2.75) is 34.6 Å². The van der Waals surface area contributed by atoms with Gasteiger partial charge in [-0.2, -0.15) is 0 Å². The van der Waals surface area contributed by atoms with Crippen LogP contribution < -0.4 is 10.6 Å². The fraction of sp³-hybridized carbons (Fsp3) is 0.389. The molecule has 2 N–H and O–H groups in total. The summed E-state index contributed by atoms with van der Waals surface area (Å²) in [5.41, 5.74) is 4.12. The monoisotopic (exact) mass is 312 g/mol. The first kappa shape index (κ1) is 16.9. The van der Waals surface area contributed by atoms with Crippen LogP contribution in [0.4, 0.5) is 11.6 Å². The van der Waals surface area contributed by atoms with E-state index in [1.807, 2.05) is 32.9 Å². The molecule has 2 rings (SSSR count). The number of amides is 1. The van der Waals surface area contributed by atoms with Crippen LogP contribution in [0.1, 0.15) is 41.2 Å². The third-order valence-electron chi connectivity index (χ3n) is 3.23. The first-order valence-electron chi connectivity index (χ1n) is 7.82. The lowest BCUT2D eigenvalue weighted by Gasteiger charge is -2.11. The Hall–Kier alpha value is -2.43. The van der Waals surface area contributed by atoms with E-state index in [-0.39, 0.29) is 5.91 Å². The Labute approximate surface area is 137 Å². The summed E-state index contributed by atoms with van der Waals surface area (Å²) in [5.74, 6) is 0.740. The van der Waals surface area contributed by atoms with Crippen molar-refractivity contribution in [1.82, 2.24) is 9.97 Å². The molecule has 5 heteroatoms. The molecule has 2 aromatic rings. The molecule has 0 aliphatic heterocycles. The lowest BCUT2D eigenvalue weighted by molar-refractivity contribution is 0.102. The highest BCUT2D eigenvalue weighted by Crippen LogP contribution is 2.15. The zero-order valence-electron chi connectivity index (χ0n) is 14.4. The lowest BCUT2D eigenvalue weighted by Crippen LogP contribution is -2.17. The summed E-state index contributed by atoms with van der Waals surface area (Å²) in [4.78, 5) is 21.1. The molecule has 0 spiro atoms. The van der Waals surface area contributed by atoms with Gasteiger partial charge in [0, 0.05) is 17.9 Å². The van der Waals surface area contributed by atoms with Crippen molar-refractivity contribution in [3.05, 3.63) is 46.8 Å². The lowest BCUT2D eigenvalue weighted by atomic mass is 10.1. The van der Waals surface area contributed by atoms with Gasteiger partial charge in [-0.15, -0.1) is 0 Å². The highest BCUT2D eigenvalue weighted by Gasteiger charge is 2.11. The molecule has 0 aliphatic carbocycles. The molecule has 0 atom stereocenters. The van der Waals surface area contributed by atoms with Gasteiger partial charge in [-0.3, -0.25) is 4.79 Å². The van der Waals surface area contributed by atoms with Gasteiger partial charge in [-0.25, -0.2) is 9.97 Å². The predicted octanol–water partition coefficient (Wildman–Crippen LogP) is 3.72. The minimum absolute atomic E-state index is 0.229. The molecule has 1 heterocycles. The minimum Gasteiger partial charge on any atom is -0.354 e. The number of anilines is 2. The molecule has 0 saturated carbocycles. The zero-order chi connectivity index (χ0) is 17.0. The first-order chi connectivity index (χ1) is 10.8. The maximum absolute atomic E-state index is 12.5. The van der Waals surface area contributed by atoms with E-state index >= 15 is 0 Å². The van der Waals surface area contributed by atoms with Crippen molar-refractivity contribution in [1.29, 1.82) is 0 Å². The number of aromatic nitrogens is 2. The first-order valence-corrected chi connectivity index (χ1v) is 7.82. The van der Waals surface area contributed by atoms with E-state index in [1.165, 1.54) is 0 Å². The van der Waals surface area contributed by atoms with Crippen LogP contribution >= 0.6 is 0 Å². The van der Waals surface area contributed by atoms with Crippen LogP contribution in [0.25, 0.3) is 0 Å². The van der Waals surface area contributed by atoms with Crippen LogP contribution in [-0.2, 0) is 0 Å². The highest BCUT2D eigenvalue weighted by molar-refractivity contribution is 6.03. The maximum atomic E-state index is 12.5. The molecule has 0 aliphatic rings. The number of hydrogen-bond acceptors (Lipinski definition) is 4. The van der Waals surface area contributed by atoms with Gasteiger partial charge in [0.15, 0.2) is 0 Å². The average Bonchev–Trinajstić information content (AvgIpc) is 2.43. The van der Waals surface area contributed by atoms with Crippen LogP contribution in [-0.4, -0.2) is 22.4 Å². The molecular weight excluding hydrogens is 288 g/mol. The van der Waals surface area contributed by atoms with Crippen molar-refractivity contribution < 1.29 is 4.79 Å². The summed E-state index contributed by atoms with van der Waals surface area (Å²) < 4.78 is 0. The number of benzene rings is 1. The van der Waals surface area contributed by atoms with E-state index in [9.17, 15) is 4.79 Å². The Morgan fingerprint density at radius 2 is 1.70 bits per heavy atom. The van der Waals surface area contributed by atoms with Gasteiger partial charge in [0.05, 0.1) is 0 Å². The molecule has 0 saturated heterocycles. The molecule has 23 heavy (non-hydrogen) atoms. The summed E-state index contributed by atoms with van der Waals surface area (Å²) in [6.07, 6.45) is 0. The van der Waals surface area contributed by atoms with Gasteiger partial charge >= 0.3 is 0 Å². The molecule has 0 radical (unpaired) electrons. The summed E-state index contributed by atoms with van der Waals surface area (Å²) in [7, 11) is 0. The zero-order valence-corrected chi connectivity index (χ0v) is 14.4. The summed E-state index contributed by atoms with van der Waals surface area (Å²) in [6.45, 7) is 10.8. The Balaban J connectivity index is 2.18. The van der Waals surface area contributed by atoms with Crippen LogP contribution in [0.2, 0.25) is 0 Å². The van der Waals surface area contributed by atoms with Gasteiger partial charge in [0.25, 0.3) is 5.91 Å². The molecular formula is C18H24N4O. The fourth-order valence-corrected chi connectivity index (χ4v) is 2.30. The van der Waals surface area contributed by atoms with Crippen LogP contribution in [0.3, 0.4) is 0 Å². The molecule has 5 nitrogen and oxygen atoms in total. The van der Waals surface area contributed by atoms with Crippen LogP contribution in [0.15, 0.2) is 24.3 Å². The van der Waals surface area contributed by atoms with Gasteiger partial charge in [0.1, 0.15) is 5.69 Å². The van der Waals surface area contributed by atoms with E-state index in [0.29, 0.717) is 17.6 Å². The largest absolute Gasteiger partial charge is 0.354 e. The van der Waals surface area contributed by atoms with Crippen molar-refractivity contribution in [2.24, 2.45) is 5.92 Å². The van der Waals surface area contributed by atoms with Crippen molar-refractivity contribution in [3.8, 4) is 0 Å². The molecule has 0 bridgehead atoms. The van der Waals surface area contributed by atoms with E-state index < -0.39 is 0 Å². The normalized spacial score (nSPS) is 10.7. The fourth-order valence-electron chi connectivity index (χ4n) is 2.30. The van der Waals surface area contributed by atoms with Crippen LogP contribution in [0, 0.1) is 26.7 Å². The van der Waals surface area contributed by atoms with Crippen molar-refractivity contribution in [3.63, 3.8) is 0 Å². The minimum atomic E-state index is -0.229. The van der Waals surface area contributed by atoms with E-state index in [4.69, 9.17) is 0 Å². The Kier molecular flexibility index (Phi) is 5.32. The number of nitrogens with one attached hydrogen (secondary N) is 2. The Morgan fingerprint density at radius 1 is 1.04 bits per heavy atom. The Morgan fingerprint density at radius 3 is 2.30 bits per heavy atom. The van der Waals surface area contributed by atoms with E-state index in [2.05, 4.69) is 40.5 Å². The molecule has 0 fully saturated rings. The Bertz CT molecular complexity index is 690. The molecule has 1 amide bonds. The predicted molar refractivity (Wildman–Crippen MR) is 94.0 cm³/mol. The average molecular weight is 312 g/mol. The van der Waals surface area contributed by atoms with Crippen molar-refractivity contribution >= 4 is 17.5 Å². The summed E-state index contributed by atoms with van der Waals surface area (Å²) in [5, 5.41) is 6.06. The van der Waals surface area contributed by atoms with E-state index in [1.54, 1.807) is 6.07 Å². The number of hydrogen-bond donors (Lipinski definition) is 2. The summed E-state index contributed by atoms with van der Waals surface area (Å²) in [6, 6.07) is 7.64. The third-order valence-corrected chi connectivity index (χ3v) is 3.23. The standard InChI is InChI=1S/C18H24N4O/c1-11(2)10-19-18-20-14(5)9-16(22-18)17(23)21-15-7-12(3)6-13(4)8-15/h6-9,11H,10H2,1-5H3,(H,21,23)(H,19,20,22). The molecule has 1 aromatic heterocycles. The number of nitrogens with zero attached hydrogens (tertiary/aromatic N) is 2. The second-order valence-corrected chi connectivity index (χ2v) is 6.32. The number of rotatable bonds is 5. The van der Waals surface area contributed by atoms with Gasteiger partial charge < -0.3 is 10.6 Å². The molecule has 1 aromatic carbocycles. The second-order valence-electron chi connectivity index (χ2n) is 6.32. The van der Waals surface area contributed by atoms with Crippen molar-refractivity contribution in [2.75, 3.05) is 17.2 Å².